The van der Waals surface area contributed by atoms with Gasteiger partial charge in [0.15, 0.2) is 0 Å². The van der Waals surface area contributed by atoms with Crippen molar-refractivity contribution in [3.8, 4) is 5.75 Å². The van der Waals surface area contributed by atoms with Crippen LogP contribution in [0.25, 0.3) is 0 Å². The smallest absolute Gasteiger partial charge is 0.319 e. The number of urea groups is 1. The number of benzene rings is 1. The number of phenols is 1. The van der Waals surface area contributed by atoms with Gasteiger partial charge in [-0.1, -0.05) is 0 Å². The molecule has 0 spiro atoms. The van der Waals surface area contributed by atoms with Gasteiger partial charge in [0.2, 0.25) is 0 Å². The molecule has 21 heavy (non-hydrogen) atoms. The van der Waals surface area contributed by atoms with Crippen molar-refractivity contribution in [2.75, 3.05) is 46.0 Å². The van der Waals surface area contributed by atoms with Gasteiger partial charge < -0.3 is 25.5 Å². The highest BCUT2D eigenvalue weighted by Crippen LogP contribution is 2.21. The quantitative estimate of drug-likeness (QED) is 0.579. The van der Waals surface area contributed by atoms with Crippen LogP contribution in [0.4, 0.5) is 10.5 Å². The maximum absolute atomic E-state index is 12.4. The van der Waals surface area contributed by atoms with Crippen molar-refractivity contribution in [2.24, 2.45) is 0 Å². The fourth-order valence-electron chi connectivity index (χ4n) is 2.28. The summed E-state index contributed by atoms with van der Waals surface area (Å²) in [4.78, 5) is 29.1. The summed E-state index contributed by atoms with van der Waals surface area (Å²) in [6, 6.07) is 4.27. The first kappa shape index (κ1) is 15.0. The largest absolute Gasteiger partial charge is 0.508 e. The van der Waals surface area contributed by atoms with Gasteiger partial charge in [0.25, 0.3) is 5.91 Å². The van der Waals surface area contributed by atoms with Crippen LogP contribution in [0.2, 0.25) is 0 Å². The number of nitrogens with two attached hydrogens (primary N) is 1. The molecular formula is C14H20N4O3. The average Bonchev–Trinajstić information content (AvgIpc) is 2.48. The van der Waals surface area contributed by atoms with Crippen molar-refractivity contribution < 1.29 is 14.7 Å². The number of piperazine rings is 1. The Kier molecular flexibility index (Phi) is 4.21. The lowest BCUT2D eigenvalue weighted by Gasteiger charge is -2.36. The Morgan fingerprint density at radius 3 is 2.29 bits per heavy atom. The van der Waals surface area contributed by atoms with E-state index in [2.05, 4.69) is 0 Å². The SMILES string of the molecule is CN(C)C(=O)N1CCN(C(=O)c2cc(O)ccc2N)CC1. The van der Waals surface area contributed by atoms with Crippen molar-refractivity contribution in [3.05, 3.63) is 23.8 Å². The molecule has 3 amide bonds. The topological polar surface area (TPSA) is 90.1 Å². The van der Waals surface area contributed by atoms with E-state index in [-0.39, 0.29) is 17.7 Å². The fraction of sp³-hybridized carbons (Fsp3) is 0.429. The Hall–Kier alpha value is -2.44. The zero-order chi connectivity index (χ0) is 15.6. The Morgan fingerprint density at radius 1 is 1.14 bits per heavy atom. The molecule has 0 aromatic heterocycles. The van der Waals surface area contributed by atoms with Crippen molar-refractivity contribution in [3.63, 3.8) is 0 Å². The molecule has 1 aliphatic heterocycles. The Balaban J connectivity index is 2.03. The third-order valence-electron chi connectivity index (χ3n) is 3.49. The molecule has 114 valence electrons. The minimum Gasteiger partial charge on any atom is -0.508 e. The van der Waals surface area contributed by atoms with Crippen LogP contribution < -0.4 is 5.73 Å². The molecule has 1 saturated heterocycles. The Labute approximate surface area is 123 Å². The van der Waals surface area contributed by atoms with Gasteiger partial charge in [0, 0.05) is 46.0 Å². The summed E-state index contributed by atoms with van der Waals surface area (Å²) >= 11 is 0. The molecule has 2 rings (SSSR count). The number of carbonyl (C=O) groups excluding carboxylic acids is 2. The number of hydrogen-bond acceptors (Lipinski definition) is 4. The summed E-state index contributed by atoms with van der Waals surface area (Å²) in [5.74, 6) is -0.214. The number of phenolic OH excluding ortho intramolecular Hbond substituents is 1. The molecule has 7 heteroatoms. The first-order chi connectivity index (χ1) is 9.90. The molecular weight excluding hydrogens is 272 g/mol. The minimum absolute atomic E-state index is 0.00831. The van der Waals surface area contributed by atoms with Crippen LogP contribution >= 0.6 is 0 Å². The van der Waals surface area contributed by atoms with E-state index in [1.807, 2.05) is 0 Å². The van der Waals surface area contributed by atoms with Gasteiger partial charge in [-0.3, -0.25) is 4.79 Å². The number of carbonyl (C=O) groups is 2. The lowest BCUT2D eigenvalue weighted by molar-refractivity contribution is 0.0651. The molecule has 3 N–H and O–H groups in total. The Bertz CT molecular complexity index is 551. The predicted octanol–water partition coefficient (Wildman–Crippen LogP) is 0.414. The van der Waals surface area contributed by atoms with E-state index in [4.69, 9.17) is 5.73 Å². The van der Waals surface area contributed by atoms with E-state index in [9.17, 15) is 14.7 Å². The van der Waals surface area contributed by atoms with Gasteiger partial charge in [-0.2, -0.15) is 0 Å². The molecule has 0 aliphatic carbocycles. The van der Waals surface area contributed by atoms with Crippen LogP contribution in [0.3, 0.4) is 0 Å². The minimum atomic E-state index is -0.222. The van der Waals surface area contributed by atoms with E-state index in [1.54, 1.807) is 23.9 Å². The van der Waals surface area contributed by atoms with Gasteiger partial charge >= 0.3 is 6.03 Å². The van der Waals surface area contributed by atoms with Gasteiger partial charge in [-0.25, -0.2) is 4.79 Å². The number of rotatable bonds is 1. The van der Waals surface area contributed by atoms with Crippen molar-refractivity contribution in [2.45, 2.75) is 0 Å². The first-order valence-electron chi connectivity index (χ1n) is 6.74. The van der Waals surface area contributed by atoms with Gasteiger partial charge in [-0.15, -0.1) is 0 Å². The third kappa shape index (κ3) is 3.18. The maximum Gasteiger partial charge on any atom is 0.319 e. The molecule has 0 radical (unpaired) electrons. The van der Waals surface area contributed by atoms with Crippen LogP contribution in [0.15, 0.2) is 18.2 Å². The van der Waals surface area contributed by atoms with E-state index < -0.39 is 0 Å². The molecule has 0 atom stereocenters. The summed E-state index contributed by atoms with van der Waals surface area (Å²) in [5, 5.41) is 9.48. The average molecular weight is 292 g/mol. The second-order valence-corrected chi connectivity index (χ2v) is 5.23. The Morgan fingerprint density at radius 2 is 1.71 bits per heavy atom. The number of nitrogen functional groups attached to an aromatic ring is 1. The van der Waals surface area contributed by atoms with E-state index in [0.717, 1.165) is 0 Å². The zero-order valence-electron chi connectivity index (χ0n) is 12.2. The van der Waals surface area contributed by atoms with Crippen LogP contribution in [-0.4, -0.2) is 72.0 Å². The van der Waals surface area contributed by atoms with Crippen LogP contribution in [0.1, 0.15) is 10.4 Å². The van der Waals surface area contributed by atoms with E-state index in [1.165, 1.54) is 23.1 Å². The van der Waals surface area contributed by atoms with Gasteiger partial charge in [0.05, 0.1) is 5.56 Å². The van der Waals surface area contributed by atoms with Gasteiger partial charge in [0.1, 0.15) is 5.75 Å². The number of anilines is 1. The third-order valence-corrected chi connectivity index (χ3v) is 3.49. The highest BCUT2D eigenvalue weighted by molar-refractivity contribution is 5.99. The summed E-state index contributed by atoms with van der Waals surface area (Å²) < 4.78 is 0. The van der Waals surface area contributed by atoms with Crippen molar-refractivity contribution >= 4 is 17.6 Å². The second-order valence-electron chi connectivity index (χ2n) is 5.23. The monoisotopic (exact) mass is 292 g/mol. The number of amides is 3. The van der Waals surface area contributed by atoms with E-state index in [0.29, 0.717) is 37.4 Å². The van der Waals surface area contributed by atoms with Crippen LogP contribution in [-0.2, 0) is 0 Å². The predicted molar refractivity (Wildman–Crippen MR) is 79.1 cm³/mol. The standard InChI is InChI=1S/C14H20N4O3/c1-16(2)14(21)18-7-5-17(6-8-18)13(20)11-9-10(19)3-4-12(11)15/h3-4,9,19H,5-8,15H2,1-2H3. The lowest BCUT2D eigenvalue weighted by atomic mass is 10.1. The first-order valence-corrected chi connectivity index (χ1v) is 6.74. The van der Waals surface area contributed by atoms with Crippen LogP contribution in [0, 0.1) is 0 Å². The second kappa shape index (κ2) is 5.90. The summed E-state index contributed by atoms with van der Waals surface area (Å²) in [5.41, 5.74) is 6.41. The molecule has 1 fully saturated rings. The highest BCUT2D eigenvalue weighted by Gasteiger charge is 2.26. The molecule has 1 heterocycles. The summed E-state index contributed by atoms with van der Waals surface area (Å²) in [6.07, 6.45) is 0. The lowest BCUT2D eigenvalue weighted by Crippen LogP contribution is -2.52. The van der Waals surface area contributed by atoms with Gasteiger partial charge in [-0.05, 0) is 18.2 Å². The molecule has 1 aromatic rings. The van der Waals surface area contributed by atoms with Crippen LogP contribution in [0.5, 0.6) is 5.75 Å². The molecule has 7 nitrogen and oxygen atoms in total. The zero-order valence-corrected chi connectivity index (χ0v) is 12.2. The number of hydrogen-bond donors (Lipinski definition) is 2. The molecule has 0 unspecified atom stereocenters. The number of nitrogens with zero attached hydrogens (tertiary/aromatic N) is 3. The molecule has 0 bridgehead atoms. The normalized spacial score (nSPS) is 15.0. The molecule has 1 aromatic carbocycles. The van der Waals surface area contributed by atoms with Crippen molar-refractivity contribution in [1.82, 2.24) is 14.7 Å². The number of aromatic hydroxyl groups is 1. The fourth-order valence-corrected chi connectivity index (χ4v) is 2.28. The molecule has 1 aliphatic rings. The van der Waals surface area contributed by atoms with E-state index >= 15 is 0 Å². The summed E-state index contributed by atoms with van der Waals surface area (Å²) in [7, 11) is 3.40. The molecule has 0 saturated carbocycles. The highest BCUT2D eigenvalue weighted by atomic mass is 16.3. The van der Waals surface area contributed by atoms with Crippen molar-refractivity contribution in [1.29, 1.82) is 0 Å². The summed E-state index contributed by atoms with van der Waals surface area (Å²) in [6.45, 7) is 1.88. The maximum atomic E-state index is 12.4.